The minimum atomic E-state index is -1.23. The maximum absolute atomic E-state index is 13.2. The van der Waals surface area contributed by atoms with Crippen molar-refractivity contribution in [1.29, 1.82) is 0 Å². The average Bonchev–Trinajstić information content (AvgIpc) is 3.57. The molecule has 1 aromatic carbocycles. The van der Waals surface area contributed by atoms with Crippen LogP contribution in [0.1, 0.15) is 89.2 Å². The van der Waals surface area contributed by atoms with Gasteiger partial charge in [-0.15, -0.1) is 0 Å². The van der Waals surface area contributed by atoms with Gasteiger partial charge in [-0.05, 0) is 150 Å². The first-order valence-corrected chi connectivity index (χ1v) is 22.2. The van der Waals surface area contributed by atoms with Gasteiger partial charge in [-0.2, -0.15) is 0 Å². The molecular formula is C50H72N2O7. The summed E-state index contributed by atoms with van der Waals surface area (Å²) >= 11 is 0. The van der Waals surface area contributed by atoms with Gasteiger partial charge in [0.15, 0.2) is 0 Å². The number of ether oxygens (including phenoxy) is 2. The van der Waals surface area contributed by atoms with Gasteiger partial charge in [0.2, 0.25) is 0 Å². The molecule has 6 N–H and O–H groups in total. The average molecular weight is 813 g/mol. The Morgan fingerprint density at radius 2 is 1.98 bits per heavy atom. The lowest BCUT2D eigenvalue weighted by Gasteiger charge is -2.66. The number of fused-ring (bicyclic) bond motifs is 3. The van der Waals surface area contributed by atoms with E-state index in [1.54, 1.807) is 7.11 Å². The van der Waals surface area contributed by atoms with Gasteiger partial charge in [0, 0.05) is 49.2 Å². The molecule has 0 radical (unpaired) electrons. The molecular weight excluding hydrogens is 741 g/mol. The molecule has 1 aliphatic heterocycles. The van der Waals surface area contributed by atoms with Crippen LogP contribution in [0, 0.1) is 34.5 Å². The van der Waals surface area contributed by atoms with Gasteiger partial charge in [-0.25, -0.2) is 0 Å². The van der Waals surface area contributed by atoms with Crippen LogP contribution in [0.4, 0.5) is 0 Å². The number of carbonyl (C=O) groups is 1. The van der Waals surface area contributed by atoms with Crippen LogP contribution in [-0.2, 0) is 27.1 Å². The van der Waals surface area contributed by atoms with Crippen molar-refractivity contribution >= 4 is 6.29 Å². The summed E-state index contributed by atoms with van der Waals surface area (Å²) < 4.78 is 11.1. The summed E-state index contributed by atoms with van der Waals surface area (Å²) in [5, 5.41) is 53.4. The zero-order valence-electron chi connectivity index (χ0n) is 36.2. The SMILES string of the molecule is C=C(/C=C/C=C(/COCO)[C@@H]1CC[C@]2([C@@H]1O)[C@H]1C3=C(C=O)CCC[C@@]3(C=C[C@H]1CCO)C[C@]2(O)CCNC)[C@H]1C/C=C(\C)CN[C@@](C)(CCOC)Cc2cccc(c2)C1. The number of methoxy groups -OCH3 is 1. The first kappa shape index (κ1) is 45.5. The predicted molar refractivity (Wildman–Crippen MR) is 234 cm³/mol. The van der Waals surface area contributed by atoms with E-state index in [2.05, 4.69) is 79.6 Å². The third-order valence-electron chi connectivity index (χ3n) is 15.0. The summed E-state index contributed by atoms with van der Waals surface area (Å²) in [5.41, 5.74) is 4.90. The molecule has 9 heteroatoms. The molecule has 0 unspecified atom stereocenters. The Morgan fingerprint density at radius 3 is 2.73 bits per heavy atom. The number of nitrogens with one attached hydrogen (secondary N) is 2. The Balaban J connectivity index is 1.31. The number of aldehydes is 1. The Labute approximate surface area is 353 Å². The van der Waals surface area contributed by atoms with Crippen LogP contribution >= 0.6 is 0 Å². The summed E-state index contributed by atoms with van der Waals surface area (Å²) in [5.74, 6) is -0.605. The molecule has 2 saturated carbocycles. The van der Waals surface area contributed by atoms with Crippen molar-refractivity contribution in [3.8, 4) is 0 Å². The topological polar surface area (TPSA) is 141 Å². The summed E-state index contributed by atoms with van der Waals surface area (Å²) in [6, 6.07) is 8.91. The van der Waals surface area contributed by atoms with Crippen molar-refractivity contribution in [2.75, 3.05) is 53.9 Å². The Morgan fingerprint density at radius 1 is 1.17 bits per heavy atom. The Bertz CT molecular complexity index is 1800. The molecule has 0 saturated heterocycles. The minimum absolute atomic E-state index is 0.0239. The quantitative estimate of drug-likeness (QED) is 0.0480. The van der Waals surface area contributed by atoms with Crippen LogP contribution in [-0.4, -0.2) is 97.8 Å². The summed E-state index contributed by atoms with van der Waals surface area (Å²) in [6.07, 6.45) is 21.4. The molecule has 2 fully saturated rings. The highest BCUT2D eigenvalue weighted by Gasteiger charge is 2.71. The van der Waals surface area contributed by atoms with E-state index in [9.17, 15) is 25.2 Å². The third-order valence-corrected chi connectivity index (χ3v) is 15.0. The van der Waals surface area contributed by atoms with Gasteiger partial charge in [-0.1, -0.05) is 78.4 Å². The first-order chi connectivity index (χ1) is 28.4. The number of aliphatic hydroxyl groups is 4. The molecule has 4 aliphatic carbocycles. The van der Waals surface area contributed by atoms with E-state index in [4.69, 9.17) is 9.47 Å². The van der Waals surface area contributed by atoms with E-state index in [0.717, 1.165) is 73.6 Å². The van der Waals surface area contributed by atoms with E-state index in [1.165, 1.54) is 16.7 Å². The maximum atomic E-state index is 13.2. The van der Waals surface area contributed by atoms with Crippen molar-refractivity contribution in [1.82, 2.24) is 10.6 Å². The molecule has 1 heterocycles. The van der Waals surface area contributed by atoms with E-state index >= 15 is 0 Å². The van der Waals surface area contributed by atoms with Crippen molar-refractivity contribution in [3.63, 3.8) is 0 Å². The van der Waals surface area contributed by atoms with Gasteiger partial charge >= 0.3 is 0 Å². The maximum Gasteiger partial charge on any atom is 0.146 e. The summed E-state index contributed by atoms with van der Waals surface area (Å²) in [4.78, 5) is 12.8. The number of aliphatic hydroxyl groups excluding tert-OH is 3. The normalized spacial score (nSPS) is 35.9. The molecule has 9 nitrogen and oxygen atoms in total. The smallest absolute Gasteiger partial charge is 0.146 e. The number of hydrogen-bond donors (Lipinski definition) is 6. The zero-order chi connectivity index (χ0) is 42.3. The second-order valence-corrected chi connectivity index (χ2v) is 18.8. The zero-order valence-corrected chi connectivity index (χ0v) is 36.2. The van der Waals surface area contributed by atoms with Crippen molar-refractivity contribution in [2.45, 2.75) is 108 Å². The van der Waals surface area contributed by atoms with E-state index in [0.29, 0.717) is 51.7 Å². The molecule has 59 heavy (non-hydrogen) atoms. The van der Waals surface area contributed by atoms with E-state index in [1.807, 2.05) is 19.2 Å². The number of carbonyl (C=O) groups excluding carboxylic acids is 1. The fraction of sp³-hybridized carbons (Fsp3) is 0.620. The molecule has 324 valence electrons. The van der Waals surface area contributed by atoms with Crippen molar-refractivity contribution in [2.24, 2.45) is 34.5 Å². The lowest BCUT2D eigenvalue weighted by Crippen LogP contribution is -2.67. The van der Waals surface area contributed by atoms with Crippen LogP contribution in [0.15, 0.2) is 95.2 Å². The van der Waals surface area contributed by atoms with Crippen LogP contribution in [0.2, 0.25) is 0 Å². The largest absolute Gasteiger partial charge is 0.396 e. The fourth-order valence-electron chi connectivity index (χ4n) is 12.0. The van der Waals surface area contributed by atoms with Crippen LogP contribution in [0.3, 0.4) is 0 Å². The standard InChI is InChI=1S/C50H72N2O7/c1-35-14-15-40(28-37-10-7-11-38(27-37)29-47(3,52-30-35)23-26-58-5)36(2)9-6-12-42(32-59-34-55)43-17-21-50(46(43)56)45-39(18-25-53)16-20-48(33-49(50,57)22-24-51-4)19-8-13-41(31-54)44(45)48/h6-7,9-12,14,16,20,27,31,39-40,43,45-46,51-53,55-57H,2,8,13,15,17-19,21-26,28-30,32-34H2,1,3-5H3/b9-6+,35-14+,42-12-/t39-,40-,43-,45+,46+,47-,48+,49+,50+/m0/s1. The van der Waals surface area contributed by atoms with Gasteiger partial charge in [-0.3, -0.25) is 4.79 Å². The highest BCUT2D eigenvalue weighted by Crippen LogP contribution is 2.72. The van der Waals surface area contributed by atoms with Crippen molar-refractivity contribution in [3.05, 3.63) is 106 Å². The van der Waals surface area contributed by atoms with Gasteiger partial charge < -0.3 is 40.5 Å². The van der Waals surface area contributed by atoms with Crippen molar-refractivity contribution < 1.29 is 34.7 Å². The number of hydrogen-bond acceptors (Lipinski definition) is 9. The van der Waals surface area contributed by atoms with Crippen LogP contribution in [0.25, 0.3) is 0 Å². The van der Waals surface area contributed by atoms with E-state index < -0.39 is 29.3 Å². The molecule has 5 aliphatic rings. The van der Waals surface area contributed by atoms with Crippen LogP contribution < -0.4 is 10.6 Å². The number of benzene rings is 1. The second kappa shape index (κ2) is 19.8. The molecule has 6 rings (SSSR count). The van der Waals surface area contributed by atoms with Crippen LogP contribution in [0.5, 0.6) is 0 Å². The third kappa shape index (κ3) is 9.43. The fourth-order valence-corrected chi connectivity index (χ4v) is 12.0. The molecule has 0 amide bonds. The summed E-state index contributed by atoms with van der Waals surface area (Å²) in [7, 11) is 3.65. The lowest BCUT2D eigenvalue weighted by molar-refractivity contribution is -0.207. The first-order valence-electron chi connectivity index (χ1n) is 22.2. The molecule has 0 aromatic heterocycles. The lowest BCUT2D eigenvalue weighted by atomic mass is 9.40. The monoisotopic (exact) mass is 813 g/mol. The number of rotatable bonds is 16. The number of allylic oxidation sites excluding steroid dienone is 9. The van der Waals surface area contributed by atoms with Gasteiger partial charge in [0.1, 0.15) is 13.1 Å². The Kier molecular flexibility index (Phi) is 15.3. The highest BCUT2D eigenvalue weighted by atomic mass is 16.6. The highest BCUT2D eigenvalue weighted by molar-refractivity contribution is 5.77. The van der Waals surface area contributed by atoms with Gasteiger partial charge in [0.25, 0.3) is 0 Å². The molecule has 9 atom stereocenters. The van der Waals surface area contributed by atoms with E-state index in [-0.39, 0.29) is 42.4 Å². The molecule has 1 spiro atoms. The second-order valence-electron chi connectivity index (χ2n) is 18.8. The Hall–Kier alpha value is -2.99. The molecule has 1 aromatic rings. The molecule has 4 bridgehead atoms. The minimum Gasteiger partial charge on any atom is -0.396 e. The summed E-state index contributed by atoms with van der Waals surface area (Å²) in [6.45, 7) is 10.8. The predicted octanol–water partition coefficient (Wildman–Crippen LogP) is 6.48. The van der Waals surface area contributed by atoms with Gasteiger partial charge in [0.05, 0.1) is 18.3 Å².